The molecule has 0 unspecified atom stereocenters. The van der Waals surface area contributed by atoms with Gasteiger partial charge in [-0.2, -0.15) is 0 Å². The average molecular weight is 343 g/mol. The summed E-state index contributed by atoms with van der Waals surface area (Å²) in [5.74, 6) is 0.651. The number of urea groups is 1. The van der Waals surface area contributed by atoms with Crippen LogP contribution < -0.4 is 5.32 Å². The quantitative estimate of drug-likeness (QED) is 0.823. The Labute approximate surface area is 148 Å². The predicted octanol–water partition coefficient (Wildman–Crippen LogP) is 5.14. The van der Waals surface area contributed by atoms with E-state index in [1.54, 1.807) is 6.07 Å². The lowest BCUT2D eigenvalue weighted by Gasteiger charge is -2.32. The third kappa shape index (κ3) is 4.09. The summed E-state index contributed by atoms with van der Waals surface area (Å²) >= 11 is 6.19. The molecule has 0 saturated carbocycles. The van der Waals surface area contributed by atoms with Crippen molar-refractivity contribution >= 4 is 23.3 Å². The molecule has 1 aliphatic heterocycles. The van der Waals surface area contributed by atoms with Crippen LogP contribution in [0.3, 0.4) is 0 Å². The maximum atomic E-state index is 12.5. The largest absolute Gasteiger partial charge is 0.325 e. The van der Waals surface area contributed by atoms with E-state index >= 15 is 0 Å². The molecule has 1 aliphatic rings. The van der Waals surface area contributed by atoms with Crippen LogP contribution in [-0.4, -0.2) is 24.0 Å². The van der Waals surface area contributed by atoms with E-state index in [4.69, 9.17) is 11.6 Å². The number of hydrogen-bond donors (Lipinski definition) is 1. The Bertz CT molecular complexity index is 674. The Kier molecular flexibility index (Phi) is 5.41. The number of likely N-dealkylation sites (tertiary alicyclic amines) is 1. The Balaban J connectivity index is 1.54. The van der Waals surface area contributed by atoms with Gasteiger partial charge in [-0.1, -0.05) is 54.1 Å². The second-order valence-corrected chi connectivity index (χ2v) is 6.89. The first kappa shape index (κ1) is 16.8. The number of para-hydroxylation sites is 1. The summed E-state index contributed by atoms with van der Waals surface area (Å²) in [6.45, 7) is 3.55. The third-order valence-electron chi connectivity index (χ3n) is 4.72. The van der Waals surface area contributed by atoms with Crippen LogP contribution in [0.1, 0.15) is 24.0 Å². The van der Waals surface area contributed by atoms with Crippen LogP contribution in [0.15, 0.2) is 48.5 Å². The van der Waals surface area contributed by atoms with Gasteiger partial charge in [-0.25, -0.2) is 4.79 Å². The lowest BCUT2D eigenvalue weighted by molar-refractivity contribution is 0.182. The normalized spacial score (nSPS) is 15.3. The van der Waals surface area contributed by atoms with Crippen molar-refractivity contribution in [3.8, 4) is 0 Å². The molecule has 0 bridgehead atoms. The van der Waals surface area contributed by atoms with E-state index in [-0.39, 0.29) is 6.03 Å². The number of rotatable bonds is 3. The van der Waals surface area contributed by atoms with E-state index in [2.05, 4.69) is 29.6 Å². The van der Waals surface area contributed by atoms with Gasteiger partial charge < -0.3 is 10.2 Å². The number of benzene rings is 2. The molecule has 24 heavy (non-hydrogen) atoms. The molecule has 0 aliphatic carbocycles. The number of carbonyl (C=O) groups excluding carboxylic acids is 1. The summed E-state index contributed by atoms with van der Waals surface area (Å²) in [5, 5.41) is 3.55. The fraction of sp³-hybridized carbons (Fsp3) is 0.350. The third-order valence-corrected chi connectivity index (χ3v) is 5.04. The van der Waals surface area contributed by atoms with Gasteiger partial charge in [-0.15, -0.1) is 0 Å². The minimum atomic E-state index is -0.0515. The topological polar surface area (TPSA) is 32.3 Å². The summed E-state index contributed by atoms with van der Waals surface area (Å²) in [6, 6.07) is 16.2. The fourth-order valence-corrected chi connectivity index (χ4v) is 3.53. The van der Waals surface area contributed by atoms with Gasteiger partial charge in [-0.3, -0.25) is 0 Å². The summed E-state index contributed by atoms with van der Waals surface area (Å²) in [5.41, 5.74) is 3.08. The lowest BCUT2D eigenvalue weighted by atomic mass is 9.90. The van der Waals surface area contributed by atoms with E-state index < -0.39 is 0 Å². The molecule has 2 aromatic carbocycles. The maximum Gasteiger partial charge on any atom is 0.321 e. The van der Waals surface area contributed by atoms with E-state index in [0.717, 1.165) is 43.6 Å². The molecule has 2 aromatic rings. The maximum absolute atomic E-state index is 12.5. The number of anilines is 1. The molecule has 1 fully saturated rings. The Hall–Kier alpha value is -2.00. The highest BCUT2D eigenvalue weighted by Crippen LogP contribution is 2.27. The number of nitrogens with one attached hydrogen (secondary N) is 1. The standard InChI is InChI=1S/C20H23ClN2O/c1-15-6-5-9-18(21)19(15)22-20(24)23-12-10-17(11-13-23)14-16-7-3-2-4-8-16/h2-9,17H,10-14H2,1H3,(H,22,24). The van der Waals surface area contributed by atoms with Crippen molar-refractivity contribution in [2.45, 2.75) is 26.2 Å². The van der Waals surface area contributed by atoms with Gasteiger partial charge in [-0.05, 0) is 49.3 Å². The molecule has 1 saturated heterocycles. The number of halogens is 1. The van der Waals surface area contributed by atoms with Crippen LogP contribution in [0.4, 0.5) is 10.5 Å². The van der Waals surface area contributed by atoms with Gasteiger partial charge in [0.1, 0.15) is 0 Å². The Morgan fingerprint density at radius 2 is 1.83 bits per heavy atom. The minimum absolute atomic E-state index is 0.0515. The molecule has 2 amide bonds. The zero-order valence-corrected chi connectivity index (χ0v) is 14.7. The first-order chi connectivity index (χ1) is 11.6. The van der Waals surface area contributed by atoms with Gasteiger partial charge in [0, 0.05) is 13.1 Å². The second kappa shape index (κ2) is 7.71. The van der Waals surface area contributed by atoms with Gasteiger partial charge in [0.25, 0.3) is 0 Å². The van der Waals surface area contributed by atoms with E-state index in [1.165, 1.54) is 5.56 Å². The van der Waals surface area contributed by atoms with E-state index in [9.17, 15) is 4.79 Å². The fourth-order valence-electron chi connectivity index (χ4n) is 3.26. The van der Waals surface area contributed by atoms with Crippen LogP contribution in [0.25, 0.3) is 0 Å². The first-order valence-corrected chi connectivity index (χ1v) is 8.86. The monoisotopic (exact) mass is 342 g/mol. The van der Waals surface area contributed by atoms with Crippen molar-refractivity contribution in [2.75, 3.05) is 18.4 Å². The van der Waals surface area contributed by atoms with Crippen LogP contribution in [0.2, 0.25) is 5.02 Å². The molecular formula is C20H23ClN2O. The van der Waals surface area contributed by atoms with Crippen molar-refractivity contribution < 1.29 is 4.79 Å². The molecule has 1 heterocycles. The van der Waals surface area contributed by atoms with E-state index in [1.807, 2.05) is 30.0 Å². The smallest absolute Gasteiger partial charge is 0.321 e. The molecule has 3 rings (SSSR count). The van der Waals surface area contributed by atoms with Crippen molar-refractivity contribution in [1.82, 2.24) is 4.90 Å². The van der Waals surface area contributed by atoms with Crippen molar-refractivity contribution in [2.24, 2.45) is 5.92 Å². The van der Waals surface area contributed by atoms with Crippen molar-refractivity contribution in [3.05, 3.63) is 64.7 Å². The number of carbonyl (C=O) groups is 1. The van der Waals surface area contributed by atoms with E-state index in [0.29, 0.717) is 10.9 Å². The van der Waals surface area contributed by atoms with Gasteiger partial charge in [0.05, 0.1) is 10.7 Å². The summed E-state index contributed by atoms with van der Waals surface area (Å²) in [7, 11) is 0. The highest BCUT2D eigenvalue weighted by Gasteiger charge is 2.23. The summed E-state index contributed by atoms with van der Waals surface area (Å²) in [6.07, 6.45) is 3.19. The number of aryl methyl sites for hydroxylation is 1. The number of nitrogens with zero attached hydrogens (tertiary/aromatic N) is 1. The molecule has 126 valence electrons. The minimum Gasteiger partial charge on any atom is -0.325 e. The highest BCUT2D eigenvalue weighted by molar-refractivity contribution is 6.33. The zero-order valence-electron chi connectivity index (χ0n) is 14.0. The molecule has 0 radical (unpaired) electrons. The van der Waals surface area contributed by atoms with Crippen LogP contribution >= 0.6 is 11.6 Å². The van der Waals surface area contributed by atoms with Crippen molar-refractivity contribution in [1.29, 1.82) is 0 Å². The second-order valence-electron chi connectivity index (χ2n) is 6.48. The first-order valence-electron chi connectivity index (χ1n) is 8.48. The predicted molar refractivity (Wildman–Crippen MR) is 99.7 cm³/mol. The van der Waals surface area contributed by atoms with Crippen LogP contribution in [0, 0.1) is 12.8 Å². The number of hydrogen-bond acceptors (Lipinski definition) is 1. The number of piperidine rings is 1. The van der Waals surface area contributed by atoms with Crippen LogP contribution in [0.5, 0.6) is 0 Å². The summed E-state index contributed by atoms with van der Waals surface area (Å²) in [4.78, 5) is 14.4. The molecule has 4 heteroatoms. The van der Waals surface area contributed by atoms with Gasteiger partial charge >= 0.3 is 6.03 Å². The Morgan fingerprint density at radius 3 is 2.50 bits per heavy atom. The zero-order chi connectivity index (χ0) is 16.9. The van der Waals surface area contributed by atoms with Gasteiger partial charge in [0.15, 0.2) is 0 Å². The number of amides is 2. The lowest BCUT2D eigenvalue weighted by Crippen LogP contribution is -2.41. The summed E-state index contributed by atoms with van der Waals surface area (Å²) < 4.78 is 0. The molecular weight excluding hydrogens is 320 g/mol. The molecule has 0 aromatic heterocycles. The highest BCUT2D eigenvalue weighted by atomic mass is 35.5. The van der Waals surface area contributed by atoms with Crippen molar-refractivity contribution in [3.63, 3.8) is 0 Å². The average Bonchev–Trinajstić information content (AvgIpc) is 2.60. The van der Waals surface area contributed by atoms with Crippen LogP contribution in [-0.2, 0) is 6.42 Å². The SMILES string of the molecule is Cc1cccc(Cl)c1NC(=O)N1CCC(Cc2ccccc2)CC1. The molecule has 0 spiro atoms. The molecule has 0 atom stereocenters. The molecule has 1 N–H and O–H groups in total. The van der Waals surface area contributed by atoms with Gasteiger partial charge in [0.2, 0.25) is 0 Å². The molecule has 3 nitrogen and oxygen atoms in total. The Morgan fingerprint density at radius 1 is 1.12 bits per heavy atom.